The third-order valence-electron chi connectivity index (χ3n) is 5.23. The number of benzene rings is 3. The molecule has 0 unspecified atom stereocenters. The lowest BCUT2D eigenvalue weighted by Crippen LogP contribution is -2.13. The normalized spacial score (nSPS) is 11.0. The minimum Gasteiger partial charge on any atom is -0.493 e. The molecule has 1 heterocycles. The van der Waals surface area contributed by atoms with Crippen molar-refractivity contribution in [1.82, 2.24) is 15.1 Å². The highest BCUT2D eigenvalue weighted by Crippen LogP contribution is 2.39. The Balaban J connectivity index is 1.56. The Labute approximate surface area is 196 Å². The number of hydrogen-bond acceptors (Lipinski definition) is 5. The highest BCUT2D eigenvalue weighted by molar-refractivity contribution is 5.63. The molecule has 0 bridgehead atoms. The van der Waals surface area contributed by atoms with Gasteiger partial charge in [0.1, 0.15) is 0 Å². The summed E-state index contributed by atoms with van der Waals surface area (Å²) in [4.78, 5) is 0. The number of nitrogens with one attached hydrogen (secondary N) is 1. The average molecular weight is 466 g/mol. The molecule has 0 aliphatic carbocycles. The molecule has 176 valence electrons. The molecule has 0 aliphatic rings. The minimum absolute atomic E-state index is 0.126. The lowest BCUT2D eigenvalue weighted by molar-refractivity contribution is -0.0526. The summed E-state index contributed by atoms with van der Waals surface area (Å²) < 4.78 is 42.5. The molecule has 8 heteroatoms. The first kappa shape index (κ1) is 23.3. The second-order valence-corrected chi connectivity index (χ2v) is 7.46. The maximum atomic E-state index is 12.8. The molecule has 6 nitrogen and oxygen atoms in total. The monoisotopic (exact) mass is 465 g/mol. The molecule has 0 atom stereocenters. The van der Waals surface area contributed by atoms with Crippen molar-refractivity contribution in [3.63, 3.8) is 0 Å². The van der Waals surface area contributed by atoms with Crippen LogP contribution in [0.2, 0.25) is 0 Å². The number of ether oxygens (including phenoxy) is 3. The average Bonchev–Trinajstić information content (AvgIpc) is 3.29. The van der Waals surface area contributed by atoms with Crippen LogP contribution in [0.25, 0.3) is 16.9 Å². The zero-order valence-electron chi connectivity index (χ0n) is 18.9. The number of para-hydroxylation sites is 1. The van der Waals surface area contributed by atoms with Gasteiger partial charge in [0.25, 0.3) is 0 Å². The van der Waals surface area contributed by atoms with E-state index in [0.717, 1.165) is 28.1 Å². The SMILES string of the molecule is COc1cc(CNCc2cn(-c3ccccc3)nc2-c2ccccc2)cc(OC)c1OC(F)F. The van der Waals surface area contributed by atoms with E-state index in [9.17, 15) is 8.78 Å². The van der Waals surface area contributed by atoms with Gasteiger partial charge in [-0.05, 0) is 29.8 Å². The van der Waals surface area contributed by atoms with Crippen molar-refractivity contribution in [2.24, 2.45) is 0 Å². The molecule has 0 saturated carbocycles. The molecular weight excluding hydrogens is 440 g/mol. The third-order valence-corrected chi connectivity index (χ3v) is 5.23. The largest absolute Gasteiger partial charge is 0.493 e. The number of rotatable bonds is 10. The summed E-state index contributed by atoms with van der Waals surface area (Å²) in [7, 11) is 2.79. The number of nitrogens with zero attached hydrogens (tertiary/aromatic N) is 2. The Morgan fingerprint density at radius 2 is 1.50 bits per heavy atom. The Morgan fingerprint density at radius 3 is 2.09 bits per heavy atom. The van der Waals surface area contributed by atoms with Gasteiger partial charge < -0.3 is 19.5 Å². The summed E-state index contributed by atoms with van der Waals surface area (Å²) in [6.07, 6.45) is 2.01. The van der Waals surface area contributed by atoms with Crippen molar-refractivity contribution < 1.29 is 23.0 Å². The van der Waals surface area contributed by atoms with Crippen molar-refractivity contribution in [1.29, 1.82) is 0 Å². The van der Waals surface area contributed by atoms with Crippen molar-refractivity contribution in [3.8, 4) is 34.2 Å². The van der Waals surface area contributed by atoms with Gasteiger partial charge in [-0.1, -0.05) is 48.5 Å². The lowest BCUT2D eigenvalue weighted by atomic mass is 10.1. The Bertz CT molecular complexity index is 1190. The van der Waals surface area contributed by atoms with Crippen LogP contribution in [0.15, 0.2) is 79.0 Å². The molecule has 1 N–H and O–H groups in total. The van der Waals surface area contributed by atoms with Crippen LogP contribution >= 0.6 is 0 Å². The quantitative estimate of drug-likeness (QED) is 0.338. The molecule has 0 saturated heterocycles. The molecule has 0 spiro atoms. The van der Waals surface area contributed by atoms with E-state index in [-0.39, 0.29) is 17.2 Å². The van der Waals surface area contributed by atoms with Crippen LogP contribution in [-0.4, -0.2) is 30.6 Å². The van der Waals surface area contributed by atoms with E-state index in [4.69, 9.17) is 14.6 Å². The first-order valence-electron chi connectivity index (χ1n) is 10.7. The first-order valence-corrected chi connectivity index (χ1v) is 10.7. The topological polar surface area (TPSA) is 57.5 Å². The summed E-state index contributed by atoms with van der Waals surface area (Å²) in [5, 5.41) is 8.22. The zero-order valence-corrected chi connectivity index (χ0v) is 18.9. The Kier molecular flexibility index (Phi) is 7.39. The van der Waals surface area contributed by atoms with Crippen molar-refractivity contribution in [2.75, 3.05) is 14.2 Å². The number of aromatic nitrogens is 2. The smallest absolute Gasteiger partial charge is 0.387 e. The molecule has 4 aromatic rings. The van der Waals surface area contributed by atoms with Gasteiger partial charge in [0.2, 0.25) is 5.75 Å². The van der Waals surface area contributed by atoms with E-state index in [0.29, 0.717) is 13.1 Å². The summed E-state index contributed by atoms with van der Waals surface area (Å²) >= 11 is 0. The van der Waals surface area contributed by atoms with Gasteiger partial charge in [-0.25, -0.2) is 4.68 Å². The number of halogens is 2. The molecule has 0 amide bonds. The predicted molar refractivity (Wildman–Crippen MR) is 126 cm³/mol. The Morgan fingerprint density at radius 1 is 0.882 bits per heavy atom. The van der Waals surface area contributed by atoms with Gasteiger partial charge in [0.05, 0.1) is 25.6 Å². The second-order valence-electron chi connectivity index (χ2n) is 7.46. The third kappa shape index (κ3) is 5.35. The first-order chi connectivity index (χ1) is 16.6. The fourth-order valence-corrected chi connectivity index (χ4v) is 3.67. The van der Waals surface area contributed by atoms with E-state index in [2.05, 4.69) is 10.1 Å². The number of alkyl halides is 2. The maximum absolute atomic E-state index is 12.8. The fourth-order valence-electron chi connectivity index (χ4n) is 3.67. The molecule has 0 fully saturated rings. The van der Waals surface area contributed by atoms with Crippen molar-refractivity contribution in [2.45, 2.75) is 19.7 Å². The summed E-state index contributed by atoms with van der Waals surface area (Å²) in [6.45, 7) is -1.99. The van der Waals surface area contributed by atoms with E-state index in [1.54, 1.807) is 12.1 Å². The van der Waals surface area contributed by atoms with Crippen molar-refractivity contribution in [3.05, 3.63) is 90.1 Å². The fraction of sp³-hybridized carbons (Fsp3) is 0.192. The second kappa shape index (κ2) is 10.8. The van der Waals surface area contributed by atoms with Gasteiger partial charge in [0, 0.05) is 30.4 Å². The van der Waals surface area contributed by atoms with E-state index in [1.807, 2.05) is 71.5 Å². The van der Waals surface area contributed by atoms with E-state index in [1.165, 1.54) is 14.2 Å². The van der Waals surface area contributed by atoms with Gasteiger partial charge in [-0.15, -0.1) is 0 Å². The maximum Gasteiger partial charge on any atom is 0.387 e. The molecule has 1 aromatic heterocycles. The number of methoxy groups -OCH3 is 2. The molecule has 3 aromatic carbocycles. The molecule has 4 rings (SSSR count). The van der Waals surface area contributed by atoms with Gasteiger partial charge in [0.15, 0.2) is 11.5 Å². The van der Waals surface area contributed by atoms with Crippen LogP contribution in [-0.2, 0) is 13.1 Å². The lowest BCUT2D eigenvalue weighted by Gasteiger charge is -2.16. The van der Waals surface area contributed by atoms with E-state index < -0.39 is 6.61 Å². The van der Waals surface area contributed by atoms with Crippen LogP contribution in [0.4, 0.5) is 8.78 Å². The standard InChI is InChI=1S/C26H25F2N3O3/c1-32-22-13-18(14-23(33-2)25(22)34-26(27)28)15-29-16-20-17-31(21-11-7-4-8-12-21)30-24(20)19-9-5-3-6-10-19/h3-14,17,26,29H,15-16H2,1-2H3. The van der Waals surface area contributed by atoms with Crippen LogP contribution < -0.4 is 19.5 Å². The number of hydrogen-bond donors (Lipinski definition) is 1. The van der Waals surface area contributed by atoms with Gasteiger partial charge >= 0.3 is 6.61 Å². The summed E-state index contributed by atoms with van der Waals surface area (Å²) in [5.74, 6) is 0.232. The Hall–Kier alpha value is -3.91. The summed E-state index contributed by atoms with van der Waals surface area (Å²) in [6, 6.07) is 23.2. The zero-order chi connectivity index (χ0) is 23.9. The highest BCUT2D eigenvalue weighted by Gasteiger charge is 2.18. The van der Waals surface area contributed by atoms with Crippen molar-refractivity contribution >= 4 is 0 Å². The van der Waals surface area contributed by atoms with Crippen LogP contribution in [0.5, 0.6) is 17.2 Å². The van der Waals surface area contributed by atoms with E-state index >= 15 is 0 Å². The summed E-state index contributed by atoms with van der Waals surface area (Å²) in [5.41, 5.74) is 4.69. The van der Waals surface area contributed by atoms with Crippen LogP contribution in [0.1, 0.15) is 11.1 Å². The van der Waals surface area contributed by atoms with Crippen LogP contribution in [0.3, 0.4) is 0 Å². The molecular formula is C26H25F2N3O3. The van der Waals surface area contributed by atoms with Crippen LogP contribution in [0, 0.1) is 0 Å². The van der Waals surface area contributed by atoms with Gasteiger partial charge in [-0.2, -0.15) is 13.9 Å². The molecule has 0 radical (unpaired) electrons. The highest BCUT2D eigenvalue weighted by atomic mass is 19.3. The predicted octanol–water partition coefficient (Wildman–Crippen LogP) is 5.45. The van der Waals surface area contributed by atoms with Gasteiger partial charge in [-0.3, -0.25) is 0 Å². The minimum atomic E-state index is -2.98. The molecule has 0 aliphatic heterocycles. The molecule has 34 heavy (non-hydrogen) atoms.